The van der Waals surface area contributed by atoms with E-state index in [0.29, 0.717) is 17.3 Å². The van der Waals surface area contributed by atoms with Crippen LogP contribution in [-0.2, 0) is 21.7 Å². The predicted octanol–water partition coefficient (Wildman–Crippen LogP) is 10.6. The topological polar surface area (TPSA) is 92.2 Å². The summed E-state index contributed by atoms with van der Waals surface area (Å²) < 4.78 is 1.93. The van der Waals surface area contributed by atoms with Gasteiger partial charge < -0.3 is 15.5 Å². The number of rotatable bonds is 11. The van der Waals surface area contributed by atoms with Crippen molar-refractivity contribution in [1.82, 2.24) is 15.4 Å². The van der Waals surface area contributed by atoms with Crippen LogP contribution in [-0.4, -0.2) is 26.3 Å². The molecule has 0 fully saturated rings. The quantitative estimate of drug-likeness (QED) is 0.0927. The Hall–Kier alpha value is -2.84. The summed E-state index contributed by atoms with van der Waals surface area (Å²) in [7, 11) is 0. The SMILES string of the molecule is CCCCCCCCSN1NC(Nc2cc(C(C)(C)C)c(O)c(C(C)(C)C)c2)=CC(=Nc2cc(C(C)(C)C)c(O)c(C(C)(C)C)c2)N1. The first-order valence-corrected chi connectivity index (χ1v) is 18.3. The van der Waals surface area contributed by atoms with Gasteiger partial charge in [-0.1, -0.05) is 127 Å². The summed E-state index contributed by atoms with van der Waals surface area (Å²) in [6.45, 7) is 27.7. The fourth-order valence-electron chi connectivity index (χ4n) is 5.64. The molecule has 47 heavy (non-hydrogen) atoms. The molecule has 1 aliphatic heterocycles. The zero-order valence-electron chi connectivity index (χ0n) is 31.5. The summed E-state index contributed by atoms with van der Waals surface area (Å²) in [5, 5.41) is 26.2. The molecule has 8 heteroatoms. The number of aromatic hydroxyl groups is 2. The molecule has 0 aromatic heterocycles. The van der Waals surface area contributed by atoms with Crippen molar-refractivity contribution in [3.63, 3.8) is 0 Å². The lowest BCUT2D eigenvalue weighted by molar-refractivity contribution is 0.345. The highest BCUT2D eigenvalue weighted by Gasteiger charge is 2.29. The van der Waals surface area contributed by atoms with Crippen LogP contribution in [0.15, 0.2) is 41.2 Å². The summed E-state index contributed by atoms with van der Waals surface area (Å²) >= 11 is 1.69. The molecule has 2 aromatic rings. The Balaban J connectivity index is 2.05. The number of hydrazine groups is 2. The Labute approximate surface area is 290 Å². The number of benzene rings is 2. The number of aliphatic imine (C=N–C) groups is 1. The standard InChI is InChI=1S/C39H63N5O2S/c1-14-15-16-17-18-19-20-47-44-42-32(40-26-21-28(36(2,3)4)34(45)29(22-26)37(5,6)7)25-33(43-44)41-27-23-30(38(8,9)10)35(46)31(24-27)39(11,12)13/h21-25,40,42,45-46H,14-20H2,1-13H3,(H,41,43). The Morgan fingerprint density at radius 3 is 1.57 bits per heavy atom. The molecule has 0 atom stereocenters. The summed E-state index contributed by atoms with van der Waals surface area (Å²) in [6, 6.07) is 8.10. The number of amidine groups is 1. The van der Waals surface area contributed by atoms with Crippen LogP contribution >= 0.6 is 11.9 Å². The number of nitrogens with one attached hydrogen (secondary N) is 3. The van der Waals surface area contributed by atoms with Crippen molar-refractivity contribution in [3.8, 4) is 11.5 Å². The van der Waals surface area contributed by atoms with Gasteiger partial charge in [0.25, 0.3) is 0 Å². The maximum Gasteiger partial charge on any atom is 0.146 e. The Morgan fingerprint density at radius 1 is 0.660 bits per heavy atom. The van der Waals surface area contributed by atoms with Crippen molar-refractivity contribution in [1.29, 1.82) is 0 Å². The number of anilines is 1. The molecule has 3 rings (SSSR count). The second-order valence-electron chi connectivity index (χ2n) is 17.1. The van der Waals surface area contributed by atoms with Crippen molar-refractivity contribution in [2.45, 2.75) is 150 Å². The lowest BCUT2D eigenvalue weighted by Gasteiger charge is -2.32. The zero-order chi connectivity index (χ0) is 35.4. The Bertz CT molecular complexity index is 1370. The minimum atomic E-state index is -0.252. The molecule has 0 amide bonds. The maximum atomic E-state index is 11.3. The van der Waals surface area contributed by atoms with Gasteiger partial charge in [-0.05, 0) is 64.3 Å². The van der Waals surface area contributed by atoms with Crippen LogP contribution in [0.2, 0.25) is 0 Å². The summed E-state index contributed by atoms with van der Waals surface area (Å²) in [4.78, 5) is 5.10. The van der Waals surface area contributed by atoms with Crippen LogP contribution in [0, 0.1) is 0 Å². The van der Waals surface area contributed by atoms with E-state index in [9.17, 15) is 10.2 Å². The lowest BCUT2D eigenvalue weighted by Crippen LogP contribution is -2.50. The van der Waals surface area contributed by atoms with Crippen molar-refractivity contribution in [3.05, 3.63) is 58.4 Å². The van der Waals surface area contributed by atoms with Crippen molar-refractivity contribution < 1.29 is 10.2 Å². The highest BCUT2D eigenvalue weighted by atomic mass is 32.2. The molecule has 1 heterocycles. The molecule has 7 nitrogen and oxygen atoms in total. The predicted molar refractivity (Wildman–Crippen MR) is 204 cm³/mol. The lowest BCUT2D eigenvalue weighted by atomic mass is 9.79. The van der Waals surface area contributed by atoms with Gasteiger partial charge in [0, 0.05) is 39.8 Å². The van der Waals surface area contributed by atoms with Crippen LogP contribution in [0.25, 0.3) is 0 Å². The third kappa shape index (κ3) is 10.8. The van der Waals surface area contributed by atoms with E-state index >= 15 is 0 Å². The van der Waals surface area contributed by atoms with E-state index in [1.54, 1.807) is 11.9 Å². The minimum Gasteiger partial charge on any atom is -0.507 e. The number of phenols is 2. The number of unbranched alkanes of at least 4 members (excludes halogenated alkanes) is 5. The zero-order valence-corrected chi connectivity index (χ0v) is 32.4. The summed E-state index contributed by atoms with van der Waals surface area (Å²) in [6.07, 6.45) is 9.46. The van der Waals surface area contributed by atoms with Crippen molar-refractivity contribution in [2.24, 2.45) is 4.99 Å². The number of hydrogen-bond acceptors (Lipinski definition) is 7. The van der Waals surface area contributed by atoms with E-state index in [-0.39, 0.29) is 21.7 Å². The molecule has 0 radical (unpaired) electrons. The highest BCUT2D eigenvalue weighted by Crippen LogP contribution is 2.43. The second-order valence-corrected chi connectivity index (χ2v) is 18.1. The average Bonchev–Trinajstić information content (AvgIpc) is 2.91. The fourth-order valence-corrected chi connectivity index (χ4v) is 6.48. The normalized spacial score (nSPS) is 15.8. The number of hydrogen-bond donors (Lipinski definition) is 5. The first kappa shape index (κ1) is 38.6. The molecule has 262 valence electrons. The van der Waals surface area contributed by atoms with Gasteiger partial charge in [-0.15, -0.1) is 0 Å². The van der Waals surface area contributed by atoms with Gasteiger partial charge in [0.05, 0.1) is 5.69 Å². The molecule has 5 N–H and O–H groups in total. The molecule has 0 bridgehead atoms. The third-order valence-corrected chi connectivity index (χ3v) is 9.31. The van der Waals surface area contributed by atoms with Crippen LogP contribution in [0.3, 0.4) is 0 Å². The van der Waals surface area contributed by atoms with E-state index in [2.05, 4.69) is 106 Å². The molecular formula is C39H63N5O2S. The summed E-state index contributed by atoms with van der Waals surface area (Å²) in [5.74, 6) is 3.12. The van der Waals surface area contributed by atoms with Crippen LogP contribution < -0.4 is 16.2 Å². The van der Waals surface area contributed by atoms with Crippen molar-refractivity contribution in [2.75, 3.05) is 11.1 Å². The number of nitrogens with zero attached hydrogens (tertiary/aromatic N) is 2. The van der Waals surface area contributed by atoms with Crippen LogP contribution in [0.4, 0.5) is 11.4 Å². The molecule has 0 saturated heterocycles. The molecule has 0 aliphatic carbocycles. The third-order valence-electron chi connectivity index (χ3n) is 8.40. The molecule has 1 aliphatic rings. The first-order valence-electron chi connectivity index (χ1n) is 17.4. The van der Waals surface area contributed by atoms with E-state index < -0.39 is 0 Å². The number of phenolic OH excluding ortho intramolecular Hbond substituents is 2. The molecular weight excluding hydrogens is 603 g/mol. The van der Waals surface area contributed by atoms with Gasteiger partial charge in [-0.2, -0.15) is 0 Å². The minimum absolute atomic E-state index is 0.238. The van der Waals surface area contributed by atoms with E-state index in [1.807, 2.05) is 34.9 Å². The monoisotopic (exact) mass is 665 g/mol. The first-order chi connectivity index (χ1) is 21.6. The Morgan fingerprint density at radius 2 is 1.11 bits per heavy atom. The van der Waals surface area contributed by atoms with Crippen LogP contribution in [0.5, 0.6) is 11.5 Å². The summed E-state index contributed by atoms with van der Waals surface area (Å²) in [5.41, 5.74) is 11.2. The second kappa shape index (κ2) is 15.1. The van der Waals surface area contributed by atoms with E-state index in [0.717, 1.165) is 51.6 Å². The van der Waals surface area contributed by atoms with Gasteiger partial charge >= 0.3 is 0 Å². The van der Waals surface area contributed by atoms with E-state index in [4.69, 9.17) is 4.99 Å². The molecule has 0 saturated carbocycles. The smallest absolute Gasteiger partial charge is 0.146 e. The molecule has 0 spiro atoms. The largest absolute Gasteiger partial charge is 0.507 e. The average molecular weight is 666 g/mol. The van der Waals surface area contributed by atoms with Gasteiger partial charge in [0.1, 0.15) is 23.2 Å². The van der Waals surface area contributed by atoms with E-state index in [1.165, 1.54) is 32.1 Å². The molecule has 0 unspecified atom stereocenters. The fraction of sp³-hybridized carbons (Fsp3) is 0.615. The van der Waals surface area contributed by atoms with Gasteiger partial charge in [-0.25, -0.2) is 4.99 Å². The molecule has 2 aromatic carbocycles. The van der Waals surface area contributed by atoms with Gasteiger partial charge in [0.15, 0.2) is 0 Å². The van der Waals surface area contributed by atoms with Crippen molar-refractivity contribution >= 4 is 29.2 Å². The Kier molecular flexibility index (Phi) is 12.4. The highest BCUT2D eigenvalue weighted by molar-refractivity contribution is 7.96. The van der Waals surface area contributed by atoms with Crippen LogP contribution in [0.1, 0.15) is 151 Å². The van der Waals surface area contributed by atoms with Gasteiger partial charge in [-0.3, -0.25) is 10.9 Å². The van der Waals surface area contributed by atoms with Gasteiger partial charge in [0.2, 0.25) is 0 Å². The maximum absolute atomic E-state index is 11.3.